The molecule has 0 heterocycles. The maximum atomic E-state index is 12.5. The third-order valence-electron chi connectivity index (χ3n) is 3.68. The van der Waals surface area contributed by atoms with E-state index < -0.39 is 44.0 Å². The summed E-state index contributed by atoms with van der Waals surface area (Å²) in [6.45, 7) is 0. The summed E-state index contributed by atoms with van der Waals surface area (Å²) in [7, 11) is -2.88. The van der Waals surface area contributed by atoms with Gasteiger partial charge in [0.1, 0.15) is 10.7 Å². The monoisotopic (exact) mass is 356 g/mol. The molecule has 1 aromatic rings. The van der Waals surface area contributed by atoms with Gasteiger partial charge in [0.15, 0.2) is 11.9 Å². The van der Waals surface area contributed by atoms with Crippen LogP contribution in [0.3, 0.4) is 0 Å². The van der Waals surface area contributed by atoms with Crippen LogP contribution in [0.2, 0.25) is 0 Å². The van der Waals surface area contributed by atoms with Crippen LogP contribution in [0, 0.1) is 0 Å². The Hall–Kier alpha value is -2.04. The van der Waals surface area contributed by atoms with Crippen molar-refractivity contribution in [2.75, 3.05) is 14.2 Å². The minimum Gasteiger partial charge on any atom is -0.509 e. The van der Waals surface area contributed by atoms with Crippen LogP contribution in [-0.2, 0) is 19.6 Å². The molecule has 0 amide bonds. The van der Waals surface area contributed by atoms with Crippen molar-refractivity contribution in [3.8, 4) is 0 Å². The summed E-state index contributed by atoms with van der Waals surface area (Å²) < 4.78 is 42.6. The summed E-state index contributed by atoms with van der Waals surface area (Å²) in [5.41, 5.74) is -0.342. The van der Waals surface area contributed by atoms with Gasteiger partial charge in [0, 0.05) is 19.8 Å². The molecule has 1 atom stereocenters. The van der Waals surface area contributed by atoms with Crippen LogP contribution in [0.15, 0.2) is 52.6 Å². The molecule has 9 heteroatoms. The van der Waals surface area contributed by atoms with E-state index in [1.54, 1.807) is 18.2 Å². The number of rotatable bonds is 5. The molecule has 130 valence electrons. The van der Waals surface area contributed by atoms with E-state index in [0.717, 1.165) is 20.3 Å². The van der Waals surface area contributed by atoms with Crippen LogP contribution in [0.25, 0.3) is 0 Å². The predicted molar refractivity (Wildman–Crippen MR) is 82.8 cm³/mol. The Bertz CT molecular complexity index is 803. The zero-order chi connectivity index (χ0) is 18.1. The molecule has 0 aliphatic heterocycles. The third kappa shape index (κ3) is 2.87. The molecule has 8 nitrogen and oxygen atoms in total. The molecule has 3 N–H and O–H groups in total. The van der Waals surface area contributed by atoms with Gasteiger partial charge in [0.2, 0.25) is 5.79 Å². The number of Topliss-reactive ketones (excluding diaryl/α,β-unsaturated/α-hetero) is 1. The molecule has 1 aliphatic carbocycles. The standard InChI is InChI=1S/C15H16O8S/c1-22-15(23-2)11(24(19,20)21)8-10(13(17)14(15)18)12(16)9-6-4-3-5-7-9/h3-8,14,17-18H,1-2H3,(H,19,20,21). The fourth-order valence-corrected chi connectivity index (χ4v) is 3.36. The van der Waals surface area contributed by atoms with Crippen molar-refractivity contribution in [2.24, 2.45) is 0 Å². The summed E-state index contributed by atoms with van der Waals surface area (Å²) in [5.74, 6) is -3.95. The van der Waals surface area contributed by atoms with E-state index in [1.165, 1.54) is 12.1 Å². The van der Waals surface area contributed by atoms with Gasteiger partial charge in [-0.1, -0.05) is 30.3 Å². The first-order valence-corrected chi connectivity index (χ1v) is 8.14. The average molecular weight is 356 g/mol. The van der Waals surface area contributed by atoms with Gasteiger partial charge in [0.05, 0.1) is 5.57 Å². The molecule has 0 bridgehead atoms. The predicted octanol–water partition coefficient (Wildman–Crippen LogP) is 0.817. The second-order valence-electron chi connectivity index (χ2n) is 4.96. The molecule has 2 rings (SSSR count). The Morgan fingerprint density at radius 1 is 1.17 bits per heavy atom. The number of allylic oxidation sites excluding steroid dienone is 2. The number of aliphatic hydroxyl groups is 2. The highest BCUT2D eigenvalue weighted by atomic mass is 32.2. The molecule has 0 spiro atoms. The topological polar surface area (TPSA) is 130 Å². The SMILES string of the molecule is COC1(OC)C(S(=O)(=O)O)=CC(C(=O)c2ccccc2)=C(O)C1O. The fraction of sp³-hybridized carbons (Fsp3) is 0.267. The van der Waals surface area contributed by atoms with Crippen molar-refractivity contribution in [3.05, 3.63) is 58.2 Å². The number of carbonyl (C=O) groups excluding carboxylic acids is 1. The van der Waals surface area contributed by atoms with E-state index in [4.69, 9.17) is 9.47 Å². The quantitative estimate of drug-likeness (QED) is 0.401. The summed E-state index contributed by atoms with van der Waals surface area (Å²) in [5, 5.41) is 20.4. The van der Waals surface area contributed by atoms with Crippen LogP contribution < -0.4 is 0 Å². The zero-order valence-electron chi connectivity index (χ0n) is 12.8. The third-order valence-corrected chi connectivity index (χ3v) is 4.64. The Balaban J connectivity index is 2.68. The molecule has 0 saturated heterocycles. The van der Waals surface area contributed by atoms with Gasteiger partial charge in [-0.15, -0.1) is 0 Å². The summed E-state index contributed by atoms with van der Waals surface area (Å²) in [4.78, 5) is 11.6. The largest absolute Gasteiger partial charge is 0.509 e. The number of hydrogen-bond donors (Lipinski definition) is 3. The van der Waals surface area contributed by atoms with Crippen LogP contribution in [0.1, 0.15) is 10.4 Å². The number of ketones is 1. The first kappa shape index (κ1) is 18.3. The van der Waals surface area contributed by atoms with Crippen LogP contribution in [0.4, 0.5) is 0 Å². The van der Waals surface area contributed by atoms with Crippen molar-refractivity contribution in [3.63, 3.8) is 0 Å². The molecule has 0 saturated carbocycles. The van der Waals surface area contributed by atoms with Crippen molar-refractivity contribution >= 4 is 15.9 Å². The Morgan fingerprint density at radius 2 is 1.71 bits per heavy atom. The second kappa shape index (κ2) is 6.46. The lowest BCUT2D eigenvalue weighted by atomic mass is 9.91. The average Bonchev–Trinajstić information content (AvgIpc) is 2.56. The molecule has 0 fully saturated rings. The summed E-state index contributed by atoms with van der Waals surface area (Å²) in [6, 6.07) is 7.72. The Kier molecular flexibility index (Phi) is 4.92. The smallest absolute Gasteiger partial charge is 0.296 e. The lowest BCUT2D eigenvalue weighted by Crippen LogP contribution is -2.52. The highest BCUT2D eigenvalue weighted by molar-refractivity contribution is 7.89. The second-order valence-corrected chi connectivity index (χ2v) is 6.35. The summed E-state index contributed by atoms with van der Waals surface area (Å²) >= 11 is 0. The molecular formula is C15H16O8S. The maximum Gasteiger partial charge on any atom is 0.296 e. The van der Waals surface area contributed by atoms with Gasteiger partial charge in [-0.3, -0.25) is 9.35 Å². The molecular weight excluding hydrogens is 340 g/mol. The number of benzene rings is 1. The van der Waals surface area contributed by atoms with E-state index in [9.17, 15) is 28.0 Å². The van der Waals surface area contributed by atoms with Crippen LogP contribution in [-0.4, -0.2) is 55.1 Å². The molecule has 1 unspecified atom stereocenters. The molecule has 0 radical (unpaired) electrons. The van der Waals surface area contributed by atoms with Crippen molar-refractivity contribution in [1.29, 1.82) is 0 Å². The van der Waals surface area contributed by atoms with E-state index >= 15 is 0 Å². The normalized spacial score (nSPS) is 20.7. The lowest BCUT2D eigenvalue weighted by molar-refractivity contribution is -0.227. The Labute approximate surface area is 138 Å². The first-order chi connectivity index (χ1) is 11.2. The van der Waals surface area contributed by atoms with E-state index in [2.05, 4.69) is 0 Å². The van der Waals surface area contributed by atoms with Crippen LogP contribution in [0.5, 0.6) is 0 Å². The number of aliphatic hydroxyl groups excluding tert-OH is 2. The molecule has 24 heavy (non-hydrogen) atoms. The number of hydrogen-bond acceptors (Lipinski definition) is 7. The minimum atomic E-state index is -4.91. The van der Waals surface area contributed by atoms with E-state index in [0.29, 0.717) is 0 Å². The number of methoxy groups -OCH3 is 2. The van der Waals surface area contributed by atoms with Crippen LogP contribution >= 0.6 is 0 Å². The van der Waals surface area contributed by atoms with E-state index in [-0.39, 0.29) is 5.56 Å². The molecule has 1 aromatic carbocycles. The number of carbonyl (C=O) groups is 1. The van der Waals surface area contributed by atoms with Crippen molar-refractivity contribution in [2.45, 2.75) is 11.9 Å². The van der Waals surface area contributed by atoms with Gasteiger partial charge in [0.25, 0.3) is 10.1 Å². The maximum absolute atomic E-state index is 12.5. The Morgan fingerprint density at radius 3 is 2.17 bits per heavy atom. The summed E-state index contributed by atoms with van der Waals surface area (Å²) in [6.07, 6.45) is -1.32. The van der Waals surface area contributed by atoms with Gasteiger partial charge in [-0.05, 0) is 6.08 Å². The first-order valence-electron chi connectivity index (χ1n) is 6.70. The van der Waals surface area contributed by atoms with Gasteiger partial charge < -0.3 is 19.7 Å². The fourth-order valence-electron chi connectivity index (χ4n) is 2.46. The molecule has 0 aromatic heterocycles. The van der Waals surface area contributed by atoms with Gasteiger partial charge in [-0.25, -0.2) is 0 Å². The number of ether oxygens (including phenoxy) is 2. The van der Waals surface area contributed by atoms with Gasteiger partial charge >= 0.3 is 0 Å². The van der Waals surface area contributed by atoms with Crippen molar-refractivity contribution < 1.29 is 37.5 Å². The van der Waals surface area contributed by atoms with E-state index in [1.807, 2.05) is 0 Å². The highest BCUT2D eigenvalue weighted by Gasteiger charge is 2.53. The lowest BCUT2D eigenvalue weighted by Gasteiger charge is -2.38. The van der Waals surface area contributed by atoms with Gasteiger partial charge in [-0.2, -0.15) is 8.42 Å². The minimum absolute atomic E-state index is 0.152. The zero-order valence-corrected chi connectivity index (χ0v) is 13.6. The molecule has 1 aliphatic rings. The van der Waals surface area contributed by atoms with Crippen molar-refractivity contribution in [1.82, 2.24) is 0 Å². The highest BCUT2D eigenvalue weighted by Crippen LogP contribution is 2.39.